The van der Waals surface area contributed by atoms with Crippen LogP contribution < -0.4 is 18.9 Å². The van der Waals surface area contributed by atoms with E-state index in [1.165, 1.54) is 0 Å². The first-order valence-electron chi connectivity index (χ1n) is 14.0. The molecule has 2 aliphatic heterocycles. The van der Waals surface area contributed by atoms with Crippen LogP contribution in [0.1, 0.15) is 44.7 Å². The number of carbonyl (C=O) groups is 2. The van der Waals surface area contributed by atoms with E-state index in [0.29, 0.717) is 53.4 Å². The number of likely N-dealkylation sites (N-methyl/N-ethyl adjacent to an activating group) is 1. The van der Waals surface area contributed by atoms with Gasteiger partial charge in [-0.05, 0) is 92.7 Å². The molecule has 3 aromatic carbocycles. The van der Waals surface area contributed by atoms with Crippen LogP contribution in [-0.4, -0.2) is 67.5 Å². The first-order chi connectivity index (χ1) is 20.3. The van der Waals surface area contributed by atoms with Crippen molar-refractivity contribution in [1.82, 2.24) is 4.90 Å². The van der Waals surface area contributed by atoms with Gasteiger partial charge in [-0.15, -0.1) is 0 Å². The Hall–Kier alpha value is -4.34. The molecule has 1 spiro atoms. The molecular formula is C33H31NO8. The fourth-order valence-electron chi connectivity index (χ4n) is 7.29. The maximum absolute atomic E-state index is 13.2. The van der Waals surface area contributed by atoms with E-state index in [0.717, 1.165) is 17.7 Å². The van der Waals surface area contributed by atoms with Crippen LogP contribution in [0.4, 0.5) is 0 Å². The smallest absolute Gasteiger partial charge is 0.343 e. The van der Waals surface area contributed by atoms with Crippen LogP contribution in [0, 0.1) is 0 Å². The number of aliphatic hydroxyl groups is 1. The van der Waals surface area contributed by atoms with E-state index in [4.69, 9.17) is 23.7 Å². The van der Waals surface area contributed by atoms with E-state index in [9.17, 15) is 14.7 Å². The average molecular weight is 570 g/mol. The normalized spacial score (nSPS) is 26.8. The Morgan fingerprint density at radius 2 is 1.52 bits per heavy atom. The molecule has 216 valence electrons. The molecule has 4 aliphatic rings. The first kappa shape index (κ1) is 26.6. The summed E-state index contributed by atoms with van der Waals surface area (Å²) in [6.45, 7) is 0.723. The summed E-state index contributed by atoms with van der Waals surface area (Å²) in [5, 5.41) is 12.5. The van der Waals surface area contributed by atoms with Gasteiger partial charge in [0.25, 0.3) is 0 Å². The number of benzene rings is 3. The van der Waals surface area contributed by atoms with Gasteiger partial charge in [-0.2, -0.15) is 0 Å². The molecule has 0 aromatic heterocycles. The van der Waals surface area contributed by atoms with Gasteiger partial charge in [0.05, 0.1) is 36.4 Å². The van der Waals surface area contributed by atoms with Gasteiger partial charge in [-0.25, -0.2) is 9.59 Å². The Kier molecular flexibility index (Phi) is 6.07. The zero-order chi connectivity index (χ0) is 29.2. The van der Waals surface area contributed by atoms with Crippen LogP contribution in [-0.2, 0) is 16.6 Å². The minimum atomic E-state index is -1.17. The van der Waals surface area contributed by atoms with Crippen molar-refractivity contribution >= 4 is 11.9 Å². The summed E-state index contributed by atoms with van der Waals surface area (Å²) in [5.41, 5.74) is 0.549. The molecule has 7 rings (SSSR count). The molecule has 0 saturated carbocycles. The van der Waals surface area contributed by atoms with Crippen molar-refractivity contribution in [3.8, 4) is 23.0 Å². The highest BCUT2D eigenvalue weighted by molar-refractivity contribution is 5.92. The van der Waals surface area contributed by atoms with Gasteiger partial charge in [-0.1, -0.05) is 6.07 Å². The van der Waals surface area contributed by atoms with Gasteiger partial charge >= 0.3 is 11.9 Å². The monoisotopic (exact) mass is 569 g/mol. The molecule has 9 heteroatoms. The number of ether oxygens (including phenoxy) is 5. The van der Waals surface area contributed by atoms with Gasteiger partial charge in [0.1, 0.15) is 17.3 Å². The summed E-state index contributed by atoms with van der Waals surface area (Å²) in [4.78, 5) is 28.6. The quantitative estimate of drug-likeness (QED) is 0.348. The first-order valence-corrected chi connectivity index (χ1v) is 14.0. The van der Waals surface area contributed by atoms with Crippen molar-refractivity contribution in [3.05, 3.63) is 94.8 Å². The molecule has 2 aliphatic carbocycles. The Labute approximate surface area is 243 Å². The van der Waals surface area contributed by atoms with E-state index in [1.54, 1.807) is 74.9 Å². The number of carbonyl (C=O) groups excluding carboxylic acids is 2. The predicted molar refractivity (Wildman–Crippen MR) is 151 cm³/mol. The number of hydrogen-bond donors (Lipinski definition) is 1. The topological polar surface area (TPSA) is 104 Å². The molecule has 4 atom stereocenters. The molecule has 2 bridgehead atoms. The van der Waals surface area contributed by atoms with Gasteiger partial charge in [0, 0.05) is 18.0 Å². The highest BCUT2D eigenvalue weighted by Crippen LogP contribution is 2.65. The van der Waals surface area contributed by atoms with Crippen molar-refractivity contribution in [2.75, 3.05) is 27.8 Å². The lowest BCUT2D eigenvalue weighted by Crippen LogP contribution is -2.74. The molecule has 2 heterocycles. The van der Waals surface area contributed by atoms with E-state index < -0.39 is 29.1 Å². The third-order valence-electron chi connectivity index (χ3n) is 9.40. The zero-order valence-electron chi connectivity index (χ0n) is 23.6. The third kappa shape index (κ3) is 3.70. The summed E-state index contributed by atoms with van der Waals surface area (Å²) in [6, 6.07) is 16.9. The summed E-state index contributed by atoms with van der Waals surface area (Å²) < 4.78 is 28.9. The maximum Gasteiger partial charge on any atom is 0.343 e. The standard InChI is InChI=1S/C33H31NO8/c1-34-17-16-32-27-21-8-13-24(40-30(35)19-4-9-22(38-2)10-5-19)28(27)42-29(32)25(14-15-33(32,37)26(34)18-21)41-31(36)20-6-11-23(39-3)12-7-20/h4-14,26,29,37H,15-18H2,1-3H3/t26?,29?,32?,33-/m1/s1. The summed E-state index contributed by atoms with van der Waals surface area (Å²) >= 11 is 0. The Morgan fingerprint density at radius 1 is 0.905 bits per heavy atom. The fourth-order valence-corrected chi connectivity index (χ4v) is 7.29. The lowest BCUT2D eigenvalue weighted by Gasteiger charge is -2.61. The van der Waals surface area contributed by atoms with Crippen molar-refractivity contribution in [2.24, 2.45) is 0 Å². The number of likely N-dealkylation sites (tertiary alicyclic amines) is 1. The number of esters is 2. The number of nitrogens with zero attached hydrogens (tertiary/aromatic N) is 1. The molecule has 1 fully saturated rings. The lowest BCUT2D eigenvalue weighted by atomic mass is 9.50. The molecule has 3 aromatic rings. The van der Waals surface area contributed by atoms with E-state index >= 15 is 0 Å². The Bertz CT molecular complexity index is 1610. The van der Waals surface area contributed by atoms with Crippen LogP contribution >= 0.6 is 0 Å². The molecule has 3 unspecified atom stereocenters. The second kappa shape index (κ2) is 9.61. The largest absolute Gasteiger partial charge is 0.497 e. The highest BCUT2D eigenvalue weighted by atomic mass is 16.6. The fraction of sp³-hybridized carbons (Fsp3) is 0.333. The van der Waals surface area contributed by atoms with Crippen molar-refractivity contribution < 1.29 is 38.4 Å². The van der Waals surface area contributed by atoms with Crippen molar-refractivity contribution in [2.45, 2.75) is 42.4 Å². The van der Waals surface area contributed by atoms with Crippen LogP contribution in [0.15, 0.2) is 72.5 Å². The second-order valence-corrected chi connectivity index (χ2v) is 11.3. The molecule has 0 amide bonds. The molecule has 1 saturated heterocycles. The summed E-state index contributed by atoms with van der Waals surface area (Å²) in [6.07, 6.45) is 2.49. The van der Waals surface area contributed by atoms with E-state index in [1.807, 2.05) is 13.1 Å². The van der Waals surface area contributed by atoms with E-state index in [-0.39, 0.29) is 11.8 Å². The molecule has 9 nitrogen and oxygen atoms in total. The SMILES string of the molecule is COc1ccc(C(=O)OC2=CC[C@@]3(O)C4Cc5ccc(OC(=O)c6ccc(OC)cc6)c6c5C3(CCN4C)C2O6)cc1. The zero-order valence-corrected chi connectivity index (χ0v) is 23.6. The number of hydrogen-bond acceptors (Lipinski definition) is 9. The lowest BCUT2D eigenvalue weighted by molar-refractivity contribution is -0.163. The van der Waals surface area contributed by atoms with Crippen LogP contribution in [0.2, 0.25) is 0 Å². The van der Waals surface area contributed by atoms with Crippen LogP contribution in [0.3, 0.4) is 0 Å². The van der Waals surface area contributed by atoms with Gasteiger partial charge in [-0.3, -0.25) is 0 Å². The summed E-state index contributed by atoms with van der Waals surface area (Å²) in [5.74, 6) is 1.21. The molecule has 0 radical (unpaired) electrons. The van der Waals surface area contributed by atoms with Crippen molar-refractivity contribution in [3.63, 3.8) is 0 Å². The van der Waals surface area contributed by atoms with Gasteiger partial charge in [0.15, 0.2) is 17.6 Å². The Morgan fingerprint density at radius 3 is 2.14 bits per heavy atom. The van der Waals surface area contributed by atoms with Gasteiger partial charge in [0.2, 0.25) is 0 Å². The van der Waals surface area contributed by atoms with Gasteiger partial charge < -0.3 is 33.7 Å². The Balaban J connectivity index is 1.27. The van der Waals surface area contributed by atoms with Crippen LogP contribution in [0.5, 0.6) is 23.0 Å². The number of methoxy groups -OCH3 is 2. The maximum atomic E-state index is 13.2. The minimum absolute atomic E-state index is 0.154. The third-order valence-corrected chi connectivity index (χ3v) is 9.40. The number of piperidine rings is 1. The minimum Gasteiger partial charge on any atom is -0.497 e. The second-order valence-electron chi connectivity index (χ2n) is 11.3. The predicted octanol–water partition coefficient (Wildman–Crippen LogP) is 4.06. The average Bonchev–Trinajstić information content (AvgIpc) is 3.37. The van der Waals surface area contributed by atoms with E-state index in [2.05, 4.69) is 4.90 Å². The van der Waals surface area contributed by atoms with Crippen molar-refractivity contribution in [1.29, 1.82) is 0 Å². The highest BCUT2D eigenvalue weighted by Gasteiger charge is 2.72. The summed E-state index contributed by atoms with van der Waals surface area (Å²) in [7, 11) is 5.15. The molecule has 42 heavy (non-hydrogen) atoms. The molecular weight excluding hydrogens is 538 g/mol. The molecule has 1 N–H and O–H groups in total. The van der Waals surface area contributed by atoms with Crippen LogP contribution in [0.25, 0.3) is 0 Å². The number of rotatable bonds is 6.